The second-order valence-electron chi connectivity index (χ2n) is 23.5. The van der Waals surface area contributed by atoms with Gasteiger partial charge in [-0.25, -0.2) is 0 Å². The number of pyridine rings is 1. The molecule has 6 nitrogen and oxygen atoms in total. The molecule has 0 saturated carbocycles. The summed E-state index contributed by atoms with van der Waals surface area (Å²) in [6.07, 6.45) is 3.53. The third-order valence-corrected chi connectivity index (χ3v) is 16.1. The van der Waals surface area contributed by atoms with Crippen LogP contribution in [0.2, 0.25) is 0 Å². The van der Waals surface area contributed by atoms with Crippen molar-refractivity contribution in [3.8, 4) is 67.8 Å². The molecule has 0 aliphatic carbocycles. The number of hydrogen-bond acceptors (Lipinski definition) is 3. The first-order valence-corrected chi connectivity index (χ1v) is 27.8. The predicted octanol–water partition coefficient (Wildman–Crippen LogP) is 17.9. The third-order valence-electron chi connectivity index (χ3n) is 15.1. The molecule has 11 aromatic rings. The van der Waals surface area contributed by atoms with E-state index in [1.54, 1.807) is 12.3 Å². The van der Waals surface area contributed by atoms with Gasteiger partial charge in [-0.2, -0.15) is 0 Å². The van der Waals surface area contributed by atoms with Crippen molar-refractivity contribution in [1.29, 1.82) is 0 Å². The van der Waals surface area contributed by atoms with Gasteiger partial charge in [0, 0.05) is 15.9 Å². The van der Waals surface area contributed by atoms with Crippen molar-refractivity contribution in [2.24, 2.45) is 0 Å². The van der Waals surface area contributed by atoms with E-state index in [0.717, 1.165) is 88.9 Å². The number of hydrogen-bond donors (Lipinski definition) is 0. The van der Waals surface area contributed by atoms with Crippen molar-refractivity contribution in [2.45, 2.75) is 98.3 Å². The summed E-state index contributed by atoms with van der Waals surface area (Å²) in [4.78, 5) is 5.04. The maximum atomic E-state index is 8.80. The number of ether oxygens (including phenoxy) is 2. The van der Waals surface area contributed by atoms with E-state index in [1.807, 2.05) is 34.9 Å². The number of rotatable bonds is 8. The van der Waals surface area contributed by atoms with Gasteiger partial charge in [-0.05, 0) is 47.4 Å². The fourth-order valence-corrected chi connectivity index (χ4v) is 11.9. The fourth-order valence-electron chi connectivity index (χ4n) is 10.8. The standard InChI is InChI=1S/C70H64N4O2.Pt/c1-45-35-66(71-43-60(45)47-28-30-50(31-29-47)68(2,3)4)74-63-41-55(32-33-58(63)59-38-48-21-18-34-75-65(48)42-64(59)74)76-54-23-16-22-53(40-54)72-44-73(62-27-15-14-26-61(62)72)67-56(46-19-12-11-13-20-46)24-17-25-57(67)49-36-51(69(5,6)7)39-52(37-49)70(8,9)10;/h11-17,19-20,22-33,35-39,42-43H,18,21,34H2,1-10H3;/q-2;/i1D3;. The predicted molar refractivity (Wildman–Crippen MR) is 313 cm³/mol. The molecule has 0 fully saturated rings. The van der Waals surface area contributed by atoms with Gasteiger partial charge in [-0.15, -0.1) is 0 Å². The fraction of sp³-hybridized carbons (Fsp3) is 0.229. The van der Waals surface area contributed by atoms with Gasteiger partial charge in [0.25, 0.3) is 0 Å². The quantitative estimate of drug-likeness (QED) is 0.142. The Balaban J connectivity index is 0.993. The Morgan fingerprint density at radius 1 is 0.558 bits per heavy atom. The molecule has 0 radical (unpaired) electrons. The van der Waals surface area contributed by atoms with Crippen LogP contribution >= 0.6 is 0 Å². The van der Waals surface area contributed by atoms with Crippen LogP contribution in [0.5, 0.6) is 17.2 Å². The number of para-hydroxylation sites is 3. The van der Waals surface area contributed by atoms with Gasteiger partial charge in [0.15, 0.2) is 0 Å². The number of imidazole rings is 1. The molecule has 0 N–H and O–H groups in total. The zero-order chi connectivity index (χ0) is 56.0. The number of nitrogens with zero attached hydrogens (tertiary/aromatic N) is 4. The van der Waals surface area contributed by atoms with Gasteiger partial charge in [0.1, 0.15) is 5.75 Å². The summed E-state index contributed by atoms with van der Waals surface area (Å²) in [5.74, 6) is 2.26. The normalized spacial score (nSPS) is 13.8. The molecule has 7 heteroatoms. The molecule has 0 spiro atoms. The van der Waals surface area contributed by atoms with Crippen molar-refractivity contribution in [1.82, 2.24) is 18.7 Å². The molecule has 388 valence electrons. The Hall–Kier alpha value is -7.53. The third kappa shape index (κ3) is 9.29. The summed E-state index contributed by atoms with van der Waals surface area (Å²) < 4.78 is 47.1. The minimum Gasteiger partial charge on any atom is -0.493 e. The average molecular weight is 1190 g/mol. The van der Waals surface area contributed by atoms with Crippen LogP contribution in [-0.4, -0.2) is 25.3 Å². The molecule has 0 saturated heterocycles. The Bertz CT molecular complexity index is 4250. The van der Waals surface area contributed by atoms with E-state index >= 15 is 0 Å². The minimum atomic E-state index is -2.43. The Labute approximate surface area is 468 Å². The van der Waals surface area contributed by atoms with Gasteiger partial charge in [0.2, 0.25) is 0 Å². The van der Waals surface area contributed by atoms with Crippen LogP contribution in [0.15, 0.2) is 170 Å². The zero-order valence-electron chi connectivity index (χ0n) is 48.2. The number of benzene rings is 8. The van der Waals surface area contributed by atoms with E-state index in [4.69, 9.17) is 18.6 Å². The van der Waals surface area contributed by atoms with E-state index in [1.165, 1.54) is 22.3 Å². The molecule has 1 aliphatic heterocycles. The summed E-state index contributed by atoms with van der Waals surface area (Å²) in [6, 6.07) is 64.5. The topological polar surface area (TPSA) is 46.1 Å². The molecule has 0 amide bonds. The van der Waals surface area contributed by atoms with Crippen LogP contribution < -0.4 is 9.47 Å². The van der Waals surface area contributed by atoms with E-state index in [2.05, 4.69) is 230 Å². The Morgan fingerprint density at radius 2 is 1.21 bits per heavy atom. The van der Waals surface area contributed by atoms with Gasteiger partial charge in [-0.3, -0.25) is 0 Å². The molecule has 0 atom stereocenters. The monoisotopic (exact) mass is 1190 g/mol. The summed E-state index contributed by atoms with van der Waals surface area (Å²) in [6.45, 7) is 18.5. The molecular weight excluding hydrogens is 1120 g/mol. The first-order valence-electron chi connectivity index (χ1n) is 28.1. The molecule has 77 heavy (non-hydrogen) atoms. The molecule has 12 rings (SSSR count). The number of fused-ring (bicyclic) bond motifs is 5. The molecular formula is C70H64N4O2Pt-2. The van der Waals surface area contributed by atoms with Crippen LogP contribution in [0.1, 0.15) is 101 Å². The molecule has 4 heterocycles. The first-order chi connectivity index (χ1) is 38.1. The van der Waals surface area contributed by atoms with Crippen LogP contribution in [0.4, 0.5) is 0 Å². The van der Waals surface area contributed by atoms with E-state index in [0.29, 0.717) is 35.0 Å². The van der Waals surface area contributed by atoms with Crippen LogP contribution in [0.25, 0.3) is 83.4 Å². The minimum absolute atomic E-state index is 0.0505. The molecule has 0 unspecified atom stereocenters. The molecule has 1 aliphatic rings. The zero-order valence-corrected chi connectivity index (χ0v) is 47.5. The summed E-state index contributed by atoms with van der Waals surface area (Å²) in [5.41, 5.74) is 16.3. The molecule has 8 aromatic carbocycles. The van der Waals surface area contributed by atoms with Crippen molar-refractivity contribution in [3.05, 3.63) is 214 Å². The second-order valence-corrected chi connectivity index (χ2v) is 24.6. The SMILES string of the molecule is [2H]C([2H])([2H])c1cc(-n2c3[c-]c(Oc4[c-]c(-n5[c](=[Pt])n(-c6c(-c7ccccc7)cccc6-c6cc(C(C)(C)C)cc(C(C)(C)C)c6)c6ccccc65)ccc4)ccc3c3cc4c(cc32)OCCC4)ncc1-c1ccc(C(C)(C)C)cc1. The maximum absolute atomic E-state index is 8.80. The Morgan fingerprint density at radius 3 is 1.91 bits per heavy atom. The van der Waals surface area contributed by atoms with Gasteiger partial charge >= 0.3 is 346 Å². The second kappa shape index (κ2) is 19.2. The van der Waals surface area contributed by atoms with Gasteiger partial charge in [0.05, 0.1) is 6.61 Å². The number of aromatic nitrogens is 4. The van der Waals surface area contributed by atoms with E-state index in [-0.39, 0.29) is 21.8 Å². The van der Waals surface area contributed by atoms with Crippen molar-refractivity contribution >= 4 is 32.8 Å². The van der Waals surface area contributed by atoms with Gasteiger partial charge < -0.3 is 4.74 Å². The van der Waals surface area contributed by atoms with Crippen molar-refractivity contribution in [3.63, 3.8) is 0 Å². The first kappa shape index (κ1) is 46.7. The van der Waals surface area contributed by atoms with E-state index in [9.17, 15) is 0 Å². The van der Waals surface area contributed by atoms with Crippen LogP contribution in [0, 0.1) is 22.8 Å². The summed E-state index contributed by atoms with van der Waals surface area (Å²) in [7, 11) is 0. The molecule has 0 bridgehead atoms. The van der Waals surface area contributed by atoms with Crippen molar-refractivity contribution < 1.29 is 32.9 Å². The number of aryl methyl sites for hydroxylation is 2. The van der Waals surface area contributed by atoms with E-state index < -0.39 is 6.85 Å². The smallest absolute Gasteiger partial charge is 0.493 e. The van der Waals surface area contributed by atoms with Gasteiger partial charge in [-0.1, -0.05) is 45.0 Å². The summed E-state index contributed by atoms with van der Waals surface area (Å²) in [5, 5.41) is 1.93. The van der Waals surface area contributed by atoms with Crippen LogP contribution in [-0.2, 0) is 42.0 Å². The average Bonchev–Trinajstić information content (AvgIpc) is 3.95. The summed E-state index contributed by atoms with van der Waals surface area (Å²) >= 11 is 2.48. The van der Waals surface area contributed by atoms with Crippen LogP contribution in [0.3, 0.4) is 0 Å². The van der Waals surface area contributed by atoms with Crippen molar-refractivity contribution in [2.75, 3.05) is 6.61 Å². The Kier molecular flexibility index (Phi) is 11.6. The molecule has 3 aromatic heterocycles.